The van der Waals surface area contributed by atoms with Crippen LogP contribution in [0.5, 0.6) is 0 Å². The van der Waals surface area contributed by atoms with Crippen molar-refractivity contribution >= 4 is 65.6 Å². The molecule has 0 spiro atoms. The maximum Gasteiger partial charge on any atom is 0.238 e. The fourth-order valence-corrected chi connectivity index (χ4v) is 9.59. The van der Waals surface area contributed by atoms with Crippen LogP contribution in [0.2, 0.25) is 0 Å². The molecule has 6 nitrogen and oxygen atoms in total. The molecular weight excluding hydrogens is 771 g/mol. The van der Waals surface area contributed by atoms with Crippen LogP contribution in [0, 0.1) is 0 Å². The molecule has 0 radical (unpaired) electrons. The van der Waals surface area contributed by atoms with Gasteiger partial charge >= 0.3 is 0 Å². The summed E-state index contributed by atoms with van der Waals surface area (Å²) in [6.45, 7) is 0. The zero-order chi connectivity index (χ0) is 41.4. The summed E-state index contributed by atoms with van der Waals surface area (Å²) in [6, 6.07) is 74.3. The molecule has 0 aliphatic rings. The summed E-state index contributed by atoms with van der Waals surface area (Å²) in [5, 5.41) is 6.53. The molecule has 4 aromatic heterocycles. The average Bonchev–Trinajstić information content (AvgIpc) is 4.02. The number of furan rings is 1. The molecule has 0 fully saturated rings. The molecule has 0 amide bonds. The van der Waals surface area contributed by atoms with Crippen molar-refractivity contribution in [3.8, 4) is 56.7 Å². The van der Waals surface area contributed by atoms with E-state index >= 15 is 0 Å². The van der Waals surface area contributed by atoms with Gasteiger partial charge in [-0.05, 0) is 76.9 Å². The highest BCUT2D eigenvalue weighted by atomic mass is 16.3. The first-order valence-electron chi connectivity index (χ1n) is 21.2. The molecule has 0 unspecified atom stereocenters. The predicted molar refractivity (Wildman–Crippen MR) is 258 cm³/mol. The molecule has 0 aliphatic heterocycles. The van der Waals surface area contributed by atoms with E-state index in [0.29, 0.717) is 17.6 Å². The van der Waals surface area contributed by atoms with Crippen molar-refractivity contribution in [2.24, 2.45) is 0 Å². The SMILES string of the molecule is c1ccc(-c2cccc(-c3nc(-c4cccc5oc6ccc7c8ccccc8n(-c8cccc(-c9ccccc9)c8)c7c6c45)nc(-n4c5ccccc5c5ccccc54)n3)c2)cc1. The minimum atomic E-state index is 0.541. The van der Waals surface area contributed by atoms with Gasteiger partial charge in [-0.15, -0.1) is 0 Å². The molecule has 13 aromatic rings. The molecule has 0 aliphatic carbocycles. The van der Waals surface area contributed by atoms with E-state index in [2.05, 4.69) is 203 Å². The van der Waals surface area contributed by atoms with Crippen molar-refractivity contribution in [1.29, 1.82) is 0 Å². The van der Waals surface area contributed by atoms with Gasteiger partial charge in [0, 0.05) is 43.7 Å². The Morgan fingerprint density at radius 2 is 0.857 bits per heavy atom. The second-order valence-corrected chi connectivity index (χ2v) is 16.0. The average molecular weight is 806 g/mol. The number of fused-ring (bicyclic) bond motifs is 10. The van der Waals surface area contributed by atoms with Gasteiger partial charge in [0.2, 0.25) is 5.95 Å². The third-order valence-electron chi connectivity index (χ3n) is 12.4. The van der Waals surface area contributed by atoms with Gasteiger partial charge in [-0.25, -0.2) is 4.98 Å². The number of nitrogens with zero attached hydrogens (tertiary/aromatic N) is 5. The standard InChI is InChI=1S/C57H35N5O/c1-3-16-36(17-4-1)38-20-13-22-40(34-38)55-58-56(60-57(59-55)62-48-29-11-7-24-42(48)43-25-8-12-30-49(43)62)46-27-15-31-50-52(46)53-51(63-50)33-32-45-44-26-9-10-28-47(44)61(54(45)53)41-23-14-21-39(35-41)37-18-5-2-6-19-37/h1-35H. The third-order valence-corrected chi connectivity index (χ3v) is 12.4. The van der Waals surface area contributed by atoms with Gasteiger partial charge in [0.05, 0.1) is 27.5 Å². The zero-order valence-electron chi connectivity index (χ0n) is 33.9. The predicted octanol–water partition coefficient (Wildman–Crippen LogP) is 14.6. The van der Waals surface area contributed by atoms with Crippen molar-refractivity contribution < 1.29 is 4.42 Å². The van der Waals surface area contributed by atoms with Crippen LogP contribution in [0.1, 0.15) is 0 Å². The molecule has 13 rings (SSSR count). The third kappa shape index (κ3) is 5.55. The minimum Gasteiger partial charge on any atom is -0.456 e. The van der Waals surface area contributed by atoms with Crippen molar-refractivity contribution in [1.82, 2.24) is 24.1 Å². The smallest absolute Gasteiger partial charge is 0.238 e. The Labute approximate surface area is 361 Å². The van der Waals surface area contributed by atoms with Crippen molar-refractivity contribution in [2.45, 2.75) is 0 Å². The van der Waals surface area contributed by atoms with Gasteiger partial charge in [0.1, 0.15) is 11.2 Å². The van der Waals surface area contributed by atoms with E-state index in [9.17, 15) is 0 Å². The van der Waals surface area contributed by atoms with E-state index in [1.807, 2.05) is 18.2 Å². The number of rotatable bonds is 6. The first-order chi connectivity index (χ1) is 31.2. The summed E-state index contributed by atoms with van der Waals surface area (Å²) in [4.78, 5) is 16.1. The lowest BCUT2D eigenvalue weighted by atomic mass is 10.0. The van der Waals surface area contributed by atoms with E-state index < -0.39 is 0 Å². The fourth-order valence-electron chi connectivity index (χ4n) is 9.59. The monoisotopic (exact) mass is 805 g/mol. The summed E-state index contributed by atoms with van der Waals surface area (Å²) in [6.07, 6.45) is 0. The second-order valence-electron chi connectivity index (χ2n) is 16.0. The van der Waals surface area contributed by atoms with Crippen LogP contribution in [0.4, 0.5) is 0 Å². The number of hydrogen-bond acceptors (Lipinski definition) is 4. The van der Waals surface area contributed by atoms with Crippen LogP contribution in [0.25, 0.3) is 122 Å². The van der Waals surface area contributed by atoms with Gasteiger partial charge in [-0.1, -0.05) is 158 Å². The van der Waals surface area contributed by atoms with Crippen LogP contribution in [0.3, 0.4) is 0 Å². The first kappa shape index (κ1) is 35.2. The van der Waals surface area contributed by atoms with Crippen molar-refractivity contribution in [3.05, 3.63) is 212 Å². The Bertz CT molecular complexity index is 3860. The Kier molecular flexibility index (Phi) is 7.80. The van der Waals surface area contributed by atoms with Gasteiger partial charge < -0.3 is 8.98 Å². The lowest BCUT2D eigenvalue weighted by Gasteiger charge is -2.13. The molecule has 0 N–H and O–H groups in total. The maximum absolute atomic E-state index is 6.81. The molecule has 0 bridgehead atoms. The fraction of sp³-hybridized carbons (Fsp3) is 0. The highest BCUT2D eigenvalue weighted by molar-refractivity contribution is 6.26. The number of para-hydroxylation sites is 3. The highest BCUT2D eigenvalue weighted by Gasteiger charge is 2.24. The normalized spacial score (nSPS) is 11.8. The van der Waals surface area contributed by atoms with Gasteiger partial charge in [0.15, 0.2) is 11.6 Å². The van der Waals surface area contributed by atoms with E-state index in [1.165, 1.54) is 10.9 Å². The van der Waals surface area contributed by atoms with E-state index in [0.717, 1.165) is 93.7 Å². The topological polar surface area (TPSA) is 61.7 Å². The molecule has 0 saturated carbocycles. The summed E-state index contributed by atoms with van der Waals surface area (Å²) in [5.41, 5.74) is 13.1. The molecule has 63 heavy (non-hydrogen) atoms. The van der Waals surface area contributed by atoms with E-state index in [1.54, 1.807) is 0 Å². The Morgan fingerprint density at radius 1 is 0.333 bits per heavy atom. The molecule has 6 heteroatoms. The Morgan fingerprint density at radius 3 is 1.56 bits per heavy atom. The van der Waals surface area contributed by atoms with Crippen molar-refractivity contribution in [2.75, 3.05) is 0 Å². The molecule has 9 aromatic carbocycles. The number of aromatic nitrogens is 5. The lowest BCUT2D eigenvalue weighted by Crippen LogP contribution is -2.06. The highest BCUT2D eigenvalue weighted by Crippen LogP contribution is 2.44. The Hall–Kier alpha value is -8.61. The number of benzene rings is 9. The molecule has 294 valence electrons. The van der Waals surface area contributed by atoms with Crippen LogP contribution in [-0.4, -0.2) is 24.1 Å². The van der Waals surface area contributed by atoms with E-state index in [4.69, 9.17) is 19.4 Å². The first-order valence-corrected chi connectivity index (χ1v) is 21.2. The largest absolute Gasteiger partial charge is 0.456 e. The number of hydrogen-bond donors (Lipinski definition) is 0. The molecular formula is C57H35N5O. The summed E-state index contributed by atoms with van der Waals surface area (Å²) in [7, 11) is 0. The minimum absolute atomic E-state index is 0.541. The molecule has 0 atom stereocenters. The van der Waals surface area contributed by atoms with Gasteiger partial charge in [0.25, 0.3) is 0 Å². The van der Waals surface area contributed by atoms with Crippen molar-refractivity contribution in [3.63, 3.8) is 0 Å². The van der Waals surface area contributed by atoms with Crippen LogP contribution < -0.4 is 0 Å². The zero-order valence-corrected chi connectivity index (χ0v) is 33.9. The quantitative estimate of drug-likeness (QED) is 0.168. The summed E-state index contributed by atoms with van der Waals surface area (Å²) in [5.74, 6) is 1.68. The summed E-state index contributed by atoms with van der Waals surface area (Å²) >= 11 is 0. The lowest BCUT2D eigenvalue weighted by molar-refractivity contribution is 0.669. The van der Waals surface area contributed by atoms with Crippen LogP contribution in [-0.2, 0) is 0 Å². The van der Waals surface area contributed by atoms with Gasteiger partial charge in [-0.2, -0.15) is 9.97 Å². The van der Waals surface area contributed by atoms with Crippen LogP contribution >= 0.6 is 0 Å². The van der Waals surface area contributed by atoms with E-state index in [-0.39, 0.29) is 0 Å². The second kappa shape index (κ2) is 14.0. The van der Waals surface area contributed by atoms with Crippen LogP contribution in [0.15, 0.2) is 217 Å². The molecule has 4 heterocycles. The molecule has 0 saturated heterocycles. The Balaban J connectivity index is 1.12. The summed E-state index contributed by atoms with van der Waals surface area (Å²) < 4.78 is 11.4. The van der Waals surface area contributed by atoms with Gasteiger partial charge in [-0.3, -0.25) is 4.57 Å². The maximum atomic E-state index is 6.81.